The number of nitrogens with zero attached hydrogens (tertiary/aromatic N) is 4. The first kappa shape index (κ1) is 25.7. The minimum Gasteiger partial charge on any atom is -0.508 e. The van der Waals surface area contributed by atoms with Crippen LogP contribution in [-0.2, 0) is 11.2 Å². The monoisotopic (exact) mass is 545 g/mol. The summed E-state index contributed by atoms with van der Waals surface area (Å²) in [5.74, 6) is 8.22. The van der Waals surface area contributed by atoms with Crippen molar-refractivity contribution in [2.24, 2.45) is 17.3 Å². The molecule has 1 aromatic carbocycles. The van der Waals surface area contributed by atoms with Crippen molar-refractivity contribution >= 4 is 16.9 Å². The number of aromatic nitrogens is 4. The Bertz CT molecular complexity index is 1550. The van der Waals surface area contributed by atoms with Crippen LogP contribution in [0.15, 0.2) is 24.5 Å². The second-order valence-corrected chi connectivity index (χ2v) is 12.3. The molecule has 3 heterocycles. The molecule has 0 spiro atoms. The van der Waals surface area contributed by atoms with Gasteiger partial charge < -0.3 is 30.9 Å². The van der Waals surface area contributed by atoms with Gasteiger partial charge in [0, 0.05) is 11.8 Å². The molecule has 0 radical (unpaired) electrons. The molecule has 3 fully saturated rings. The van der Waals surface area contributed by atoms with Gasteiger partial charge >= 0.3 is 0 Å². The molecular weight excluding hydrogens is 510 g/mol. The summed E-state index contributed by atoms with van der Waals surface area (Å²) >= 11 is 0. The molecule has 1 aliphatic heterocycles. The molecule has 0 amide bonds. The third-order valence-corrected chi connectivity index (χ3v) is 10.4. The van der Waals surface area contributed by atoms with Crippen molar-refractivity contribution in [2.45, 2.75) is 81.8 Å². The summed E-state index contributed by atoms with van der Waals surface area (Å²) in [6, 6.07) is 5.80. The smallest absolute Gasteiger partial charge is 0.167 e. The van der Waals surface area contributed by atoms with E-state index in [1.165, 1.54) is 17.5 Å². The van der Waals surface area contributed by atoms with Gasteiger partial charge in [-0.25, -0.2) is 14.6 Å². The van der Waals surface area contributed by atoms with Crippen LogP contribution in [-0.4, -0.2) is 64.6 Å². The molecule has 6 N–H and O–H groups in total. The summed E-state index contributed by atoms with van der Waals surface area (Å²) in [4.78, 5) is 8.50. The van der Waals surface area contributed by atoms with Gasteiger partial charge in [0.15, 0.2) is 11.9 Å². The van der Waals surface area contributed by atoms with Crippen molar-refractivity contribution in [2.75, 3.05) is 12.3 Å². The number of phenolic OH excluding ortho intramolecular Hbond substituents is 1. The first-order valence-corrected chi connectivity index (χ1v) is 14.2. The first-order chi connectivity index (χ1) is 19.2. The van der Waals surface area contributed by atoms with Crippen LogP contribution >= 0.6 is 0 Å². The number of aliphatic hydroxyl groups is 3. The van der Waals surface area contributed by atoms with E-state index in [2.05, 4.69) is 39.9 Å². The number of nitrogen functional groups attached to an aromatic ring is 1. The van der Waals surface area contributed by atoms with E-state index in [0.717, 1.165) is 32.1 Å². The maximum atomic E-state index is 12.1. The summed E-state index contributed by atoms with van der Waals surface area (Å²) in [5, 5.41) is 47.0. The number of benzene rings is 1. The first-order valence-electron chi connectivity index (χ1n) is 14.2. The molecule has 0 bridgehead atoms. The van der Waals surface area contributed by atoms with Crippen LogP contribution < -0.4 is 5.73 Å². The summed E-state index contributed by atoms with van der Waals surface area (Å²) < 4.78 is 7.37. The molecule has 7 rings (SSSR count). The fourth-order valence-electron chi connectivity index (χ4n) is 8.27. The van der Waals surface area contributed by atoms with Crippen molar-refractivity contribution in [3.63, 3.8) is 0 Å². The van der Waals surface area contributed by atoms with E-state index in [-0.39, 0.29) is 24.3 Å². The molecular formula is C30H35N5O5. The highest BCUT2D eigenvalue weighted by atomic mass is 16.5. The van der Waals surface area contributed by atoms with Crippen LogP contribution in [0.2, 0.25) is 0 Å². The van der Waals surface area contributed by atoms with Gasteiger partial charge in [0.05, 0.1) is 18.1 Å². The van der Waals surface area contributed by atoms with E-state index < -0.39 is 24.0 Å². The van der Waals surface area contributed by atoms with Crippen molar-refractivity contribution in [1.29, 1.82) is 0 Å². The predicted octanol–water partition coefficient (Wildman–Crippen LogP) is 2.39. The maximum Gasteiger partial charge on any atom is 0.167 e. The SMILES string of the molecule is C[C@]12CC[C@@H]3c4ccc(O)cc4CC[C@H]3[C@@H]1CC[C@@]2(O)C#Cc1nn([C@H]2C[C@H](O)[C@@H](CO)O2)c2ncnc(N)c12. The van der Waals surface area contributed by atoms with Gasteiger partial charge in [0.2, 0.25) is 0 Å². The van der Waals surface area contributed by atoms with Crippen molar-refractivity contribution in [1.82, 2.24) is 19.7 Å². The van der Waals surface area contributed by atoms with E-state index in [9.17, 15) is 20.4 Å². The molecule has 4 aliphatic rings. The maximum absolute atomic E-state index is 12.1. The fourth-order valence-corrected chi connectivity index (χ4v) is 8.27. The highest BCUT2D eigenvalue weighted by molar-refractivity contribution is 5.90. The number of anilines is 1. The van der Waals surface area contributed by atoms with Gasteiger partial charge in [-0.15, -0.1) is 0 Å². The van der Waals surface area contributed by atoms with Crippen LogP contribution in [0.1, 0.15) is 74.4 Å². The van der Waals surface area contributed by atoms with Crippen molar-refractivity contribution in [3.05, 3.63) is 41.3 Å². The Kier molecular flexibility index (Phi) is 5.88. The largest absolute Gasteiger partial charge is 0.508 e. The summed E-state index contributed by atoms with van der Waals surface area (Å²) in [6.07, 6.45) is 4.76. The molecule has 0 unspecified atom stereocenters. The summed E-state index contributed by atoms with van der Waals surface area (Å²) in [7, 11) is 0. The van der Waals surface area contributed by atoms with Crippen LogP contribution in [0, 0.1) is 29.1 Å². The van der Waals surface area contributed by atoms with E-state index >= 15 is 0 Å². The third-order valence-electron chi connectivity index (χ3n) is 10.4. The Morgan fingerprint density at radius 2 is 2.05 bits per heavy atom. The number of fused-ring (bicyclic) bond motifs is 6. The molecule has 210 valence electrons. The van der Waals surface area contributed by atoms with Gasteiger partial charge in [0.1, 0.15) is 35.3 Å². The lowest BCUT2D eigenvalue weighted by atomic mass is 9.53. The fraction of sp³-hybridized carbons (Fsp3) is 0.567. The Morgan fingerprint density at radius 1 is 1.20 bits per heavy atom. The third kappa shape index (κ3) is 3.68. The highest BCUT2D eigenvalue weighted by Crippen LogP contribution is 2.64. The van der Waals surface area contributed by atoms with Gasteiger partial charge in [-0.3, -0.25) is 0 Å². The van der Waals surface area contributed by atoms with Crippen LogP contribution in [0.25, 0.3) is 11.0 Å². The summed E-state index contributed by atoms with van der Waals surface area (Å²) in [6.45, 7) is 1.89. The number of hydrogen-bond acceptors (Lipinski definition) is 9. The average Bonchev–Trinajstić information content (AvgIpc) is 3.59. The molecule has 10 nitrogen and oxygen atoms in total. The Hall–Kier alpha value is -3.23. The van der Waals surface area contributed by atoms with Gasteiger partial charge in [-0.1, -0.05) is 18.9 Å². The second-order valence-electron chi connectivity index (χ2n) is 12.3. The molecule has 40 heavy (non-hydrogen) atoms. The average molecular weight is 546 g/mol. The zero-order valence-corrected chi connectivity index (χ0v) is 22.5. The topological polar surface area (TPSA) is 160 Å². The molecule has 2 aromatic heterocycles. The quantitative estimate of drug-likeness (QED) is 0.305. The van der Waals surface area contributed by atoms with Crippen LogP contribution in [0.3, 0.4) is 0 Å². The van der Waals surface area contributed by atoms with Crippen molar-refractivity contribution < 1.29 is 25.2 Å². The van der Waals surface area contributed by atoms with Gasteiger partial charge in [0.25, 0.3) is 0 Å². The standard InChI is InChI=1S/C30H35N5O5/c1-29-9-6-19-18-5-3-17(37)12-16(18)2-4-20(19)21(29)7-10-30(29,39)11-8-22-26-27(31)32-15-33-28(26)35(34-22)25-13-23(38)24(14-36)40-25/h3,5,12,15,19-21,23-25,36-39H,2,4,6-7,9-10,13-14H2,1H3,(H2,31,32,33)/t19-,20-,21+,23+,24-,25-,29+,30-/m1/s1. The lowest BCUT2D eigenvalue weighted by molar-refractivity contribution is -0.0647. The zero-order chi connectivity index (χ0) is 27.8. The zero-order valence-electron chi connectivity index (χ0n) is 22.5. The Morgan fingerprint density at radius 3 is 2.85 bits per heavy atom. The predicted molar refractivity (Wildman–Crippen MR) is 146 cm³/mol. The number of rotatable bonds is 2. The molecule has 1 saturated heterocycles. The number of aryl methyl sites for hydroxylation is 1. The number of nitrogens with two attached hydrogens (primary N) is 1. The van der Waals surface area contributed by atoms with E-state index in [1.807, 2.05) is 6.07 Å². The molecule has 8 atom stereocenters. The van der Waals surface area contributed by atoms with Crippen molar-refractivity contribution in [3.8, 4) is 17.6 Å². The minimum atomic E-state index is -1.18. The lowest BCUT2D eigenvalue weighted by Gasteiger charge is -2.52. The number of ether oxygens (including phenoxy) is 1. The lowest BCUT2D eigenvalue weighted by Crippen LogP contribution is -2.50. The molecule has 3 aromatic rings. The van der Waals surface area contributed by atoms with Crippen LogP contribution in [0.5, 0.6) is 5.75 Å². The molecule has 2 saturated carbocycles. The normalized spacial score (nSPS) is 36.5. The highest BCUT2D eigenvalue weighted by Gasteiger charge is 2.61. The molecule has 3 aliphatic carbocycles. The van der Waals surface area contributed by atoms with E-state index in [4.69, 9.17) is 10.5 Å². The Balaban J connectivity index is 1.22. The number of hydrogen-bond donors (Lipinski definition) is 5. The van der Waals surface area contributed by atoms with E-state index in [1.54, 1.807) is 10.7 Å². The number of aromatic hydroxyl groups is 1. The number of phenols is 1. The minimum absolute atomic E-state index is 0.229. The Labute approximate surface area is 232 Å². The second kappa shape index (κ2) is 9.14. The van der Waals surface area contributed by atoms with Crippen LogP contribution in [0.4, 0.5) is 5.82 Å². The molecule has 10 heteroatoms. The number of aliphatic hydroxyl groups excluding tert-OH is 2. The summed E-state index contributed by atoms with van der Waals surface area (Å²) in [5.41, 5.74) is 8.10. The van der Waals surface area contributed by atoms with Gasteiger partial charge in [-0.05, 0) is 85.5 Å². The van der Waals surface area contributed by atoms with Gasteiger partial charge in [-0.2, -0.15) is 5.10 Å². The van der Waals surface area contributed by atoms with E-state index in [0.29, 0.717) is 46.7 Å².